The number of carbonyl (C=O) groups is 1. The number of thiazole rings is 1. The first-order valence-corrected chi connectivity index (χ1v) is 8.99. The van der Waals surface area contributed by atoms with Gasteiger partial charge in [-0.1, -0.05) is 30.3 Å². The van der Waals surface area contributed by atoms with Crippen molar-refractivity contribution in [1.82, 2.24) is 4.98 Å². The maximum atomic E-state index is 12.3. The van der Waals surface area contributed by atoms with Crippen molar-refractivity contribution < 1.29 is 14.6 Å². The summed E-state index contributed by atoms with van der Waals surface area (Å²) in [6.45, 7) is 3.66. The van der Waals surface area contributed by atoms with Gasteiger partial charge in [-0.3, -0.25) is 0 Å². The van der Waals surface area contributed by atoms with Crippen LogP contribution >= 0.6 is 11.3 Å². The molecule has 1 aromatic heterocycles. The average Bonchev–Trinajstić information content (AvgIpc) is 3.14. The quantitative estimate of drug-likeness (QED) is 0.530. The van der Waals surface area contributed by atoms with Crippen LogP contribution in [0, 0.1) is 13.8 Å². The normalized spacial score (nSPS) is 11.4. The van der Waals surface area contributed by atoms with Crippen molar-refractivity contribution in [1.29, 1.82) is 0 Å². The lowest BCUT2D eigenvalue weighted by Crippen LogP contribution is -2.03. The van der Waals surface area contributed by atoms with Crippen molar-refractivity contribution in [2.45, 2.75) is 13.8 Å². The first-order chi connectivity index (χ1) is 12.5. The molecule has 132 valence electrons. The minimum Gasteiger partial charge on any atom is -0.507 e. The molecule has 0 saturated heterocycles. The van der Waals surface area contributed by atoms with E-state index in [0.717, 1.165) is 27.9 Å². The fourth-order valence-corrected chi connectivity index (χ4v) is 3.53. The van der Waals surface area contributed by atoms with Gasteiger partial charge in [0.25, 0.3) is 0 Å². The summed E-state index contributed by atoms with van der Waals surface area (Å²) in [5.41, 5.74) is 4.53. The lowest BCUT2D eigenvalue weighted by molar-refractivity contribution is -0.133. The highest BCUT2D eigenvalue weighted by molar-refractivity contribution is 7.11. The molecule has 0 unspecified atom stereocenters. The molecule has 2 aromatic carbocycles. The van der Waals surface area contributed by atoms with Gasteiger partial charge in [0.1, 0.15) is 10.8 Å². The van der Waals surface area contributed by atoms with Crippen LogP contribution in [0.5, 0.6) is 5.75 Å². The lowest BCUT2D eigenvalue weighted by atomic mass is 10.0. The Kier molecular flexibility index (Phi) is 5.19. The number of esters is 1. The monoisotopic (exact) mass is 365 g/mol. The van der Waals surface area contributed by atoms with Gasteiger partial charge in [-0.05, 0) is 48.7 Å². The molecule has 0 bridgehead atoms. The topological polar surface area (TPSA) is 59.4 Å². The van der Waals surface area contributed by atoms with Gasteiger partial charge in [-0.25, -0.2) is 9.78 Å². The van der Waals surface area contributed by atoms with E-state index in [0.29, 0.717) is 10.6 Å². The Morgan fingerprint density at radius 2 is 1.81 bits per heavy atom. The molecule has 3 rings (SSSR count). The van der Waals surface area contributed by atoms with Crippen molar-refractivity contribution in [2.24, 2.45) is 0 Å². The minimum absolute atomic E-state index is 0.266. The molecule has 0 aliphatic heterocycles. The molecule has 4 nitrogen and oxygen atoms in total. The van der Waals surface area contributed by atoms with Crippen molar-refractivity contribution >= 4 is 29.0 Å². The zero-order chi connectivity index (χ0) is 18.7. The Morgan fingerprint density at radius 3 is 2.42 bits per heavy atom. The number of aryl methyl sites for hydroxylation is 2. The van der Waals surface area contributed by atoms with E-state index in [9.17, 15) is 9.90 Å². The van der Waals surface area contributed by atoms with Crippen LogP contribution in [0.2, 0.25) is 0 Å². The number of aromatic hydroxyl groups is 1. The lowest BCUT2D eigenvalue weighted by Gasteiger charge is -2.07. The fourth-order valence-electron chi connectivity index (χ4n) is 2.70. The van der Waals surface area contributed by atoms with Crippen LogP contribution < -0.4 is 0 Å². The molecule has 1 heterocycles. The smallest absolute Gasteiger partial charge is 0.340 e. The van der Waals surface area contributed by atoms with E-state index in [1.54, 1.807) is 6.08 Å². The third-order valence-electron chi connectivity index (χ3n) is 4.03. The second-order valence-electron chi connectivity index (χ2n) is 5.96. The second-order valence-corrected chi connectivity index (χ2v) is 6.81. The summed E-state index contributed by atoms with van der Waals surface area (Å²) in [5.74, 6) is -0.176. The molecule has 0 radical (unpaired) electrons. The van der Waals surface area contributed by atoms with Gasteiger partial charge >= 0.3 is 5.97 Å². The number of hydrogen-bond acceptors (Lipinski definition) is 5. The van der Waals surface area contributed by atoms with Crippen molar-refractivity contribution in [2.75, 3.05) is 7.11 Å². The Balaban J connectivity index is 2.05. The van der Waals surface area contributed by atoms with E-state index in [4.69, 9.17) is 4.74 Å². The van der Waals surface area contributed by atoms with Gasteiger partial charge < -0.3 is 9.84 Å². The van der Waals surface area contributed by atoms with Crippen molar-refractivity contribution in [3.63, 3.8) is 0 Å². The van der Waals surface area contributed by atoms with Gasteiger partial charge in [-0.15, -0.1) is 11.3 Å². The van der Waals surface area contributed by atoms with Gasteiger partial charge in [-0.2, -0.15) is 0 Å². The minimum atomic E-state index is -0.442. The summed E-state index contributed by atoms with van der Waals surface area (Å²) >= 11 is 1.40. The predicted molar refractivity (Wildman–Crippen MR) is 105 cm³/mol. The summed E-state index contributed by atoms with van der Waals surface area (Å²) in [5, 5.41) is 12.5. The second kappa shape index (κ2) is 7.54. The molecule has 26 heavy (non-hydrogen) atoms. The molecule has 0 amide bonds. The van der Waals surface area contributed by atoms with Crippen LogP contribution in [0.4, 0.5) is 0 Å². The number of nitrogens with zero attached hydrogens (tertiary/aromatic N) is 1. The van der Waals surface area contributed by atoms with E-state index < -0.39 is 5.97 Å². The first-order valence-electron chi connectivity index (χ1n) is 8.11. The van der Waals surface area contributed by atoms with Crippen LogP contribution in [-0.2, 0) is 9.53 Å². The average molecular weight is 365 g/mol. The number of phenols is 1. The largest absolute Gasteiger partial charge is 0.507 e. The maximum Gasteiger partial charge on any atom is 0.340 e. The molecule has 0 spiro atoms. The Labute approximate surface area is 156 Å². The Bertz CT molecular complexity index is 951. The first kappa shape index (κ1) is 17.9. The maximum absolute atomic E-state index is 12.3. The molecule has 0 atom stereocenters. The third kappa shape index (κ3) is 3.68. The summed E-state index contributed by atoms with van der Waals surface area (Å²) in [6.07, 6.45) is 1.75. The third-order valence-corrected chi connectivity index (χ3v) is 4.91. The number of carbonyl (C=O) groups excluding carboxylic acids is 1. The highest BCUT2D eigenvalue weighted by Gasteiger charge is 2.17. The zero-order valence-corrected chi connectivity index (χ0v) is 15.6. The summed E-state index contributed by atoms with van der Waals surface area (Å²) in [7, 11) is 1.36. The van der Waals surface area contributed by atoms with E-state index in [-0.39, 0.29) is 5.75 Å². The number of methoxy groups -OCH3 is 1. The fraction of sp³-hybridized carbons (Fsp3) is 0.143. The highest BCUT2D eigenvalue weighted by atomic mass is 32.1. The van der Waals surface area contributed by atoms with Crippen LogP contribution in [0.3, 0.4) is 0 Å². The van der Waals surface area contributed by atoms with Gasteiger partial charge in [0.2, 0.25) is 0 Å². The molecule has 0 aliphatic rings. The molecular weight excluding hydrogens is 346 g/mol. The number of rotatable bonds is 4. The number of hydrogen-bond donors (Lipinski definition) is 1. The zero-order valence-electron chi connectivity index (χ0n) is 14.8. The Hall–Kier alpha value is -2.92. The standard InChI is InChI=1S/C21H19NO3S/c1-13-9-15(10-14(2)19(13)23)11-17(21(24)25-3)20-22-18(12-26-20)16-7-5-4-6-8-16/h4-12,23H,1-3H3/b17-11-. The van der Waals surface area contributed by atoms with Gasteiger partial charge in [0, 0.05) is 10.9 Å². The van der Waals surface area contributed by atoms with Gasteiger partial charge in [0.15, 0.2) is 0 Å². The molecular formula is C21H19NO3S. The van der Waals surface area contributed by atoms with Crippen molar-refractivity contribution in [3.8, 4) is 17.0 Å². The van der Waals surface area contributed by atoms with E-state index in [1.807, 2.05) is 61.7 Å². The number of benzene rings is 2. The summed E-state index contributed by atoms with van der Waals surface area (Å²) in [6, 6.07) is 13.5. The van der Waals surface area contributed by atoms with Crippen molar-refractivity contribution in [3.05, 3.63) is 69.5 Å². The van der Waals surface area contributed by atoms with Crippen LogP contribution in [0.25, 0.3) is 22.9 Å². The number of ether oxygens (including phenoxy) is 1. The predicted octanol–water partition coefficient (Wildman–Crippen LogP) is 4.85. The molecule has 5 heteroatoms. The SMILES string of the molecule is COC(=O)/C(=C\c1cc(C)c(O)c(C)c1)c1nc(-c2ccccc2)cs1. The van der Waals surface area contributed by atoms with Gasteiger partial charge in [0.05, 0.1) is 18.4 Å². The number of phenolic OH excluding ortho intramolecular Hbond substituents is 1. The van der Waals surface area contributed by atoms with Crippen LogP contribution in [0.15, 0.2) is 47.8 Å². The highest BCUT2D eigenvalue weighted by Crippen LogP contribution is 2.30. The summed E-state index contributed by atoms with van der Waals surface area (Å²) < 4.78 is 4.95. The molecule has 0 fully saturated rings. The molecule has 0 aliphatic carbocycles. The molecule has 1 N–H and O–H groups in total. The van der Waals surface area contributed by atoms with Crippen LogP contribution in [-0.4, -0.2) is 23.2 Å². The van der Waals surface area contributed by atoms with E-state index >= 15 is 0 Å². The molecule has 0 saturated carbocycles. The Morgan fingerprint density at radius 1 is 1.15 bits per heavy atom. The number of aromatic nitrogens is 1. The molecule has 3 aromatic rings. The van der Waals surface area contributed by atoms with Crippen LogP contribution in [0.1, 0.15) is 21.7 Å². The summed E-state index contributed by atoms with van der Waals surface area (Å²) in [4.78, 5) is 16.9. The van der Waals surface area contributed by atoms with E-state index in [2.05, 4.69) is 4.98 Å². The van der Waals surface area contributed by atoms with E-state index in [1.165, 1.54) is 18.4 Å².